The van der Waals surface area contributed by atoms with Gasteiger partial charge in [0.05, 0.1) is 22.4 Å². The lowest BCUT2D eigenvalue weighted by molar-refractivity contribution is -0.438. The van der Waals surface area contributed by atoms with Crippen molar-refractivity contribution < 1.29 is 42.1 Å². The van der Waals surface area contributed by atoms with Gasteiger partial charge in [-0.05, 0) is 92.4 Å². The van der Waals surface area contributed by atoms with E-state index in [1.165, 1.54) is 11.6 Å². The number of fused-ring (bicyclic) bond motifs is 4. The molecule has 0 bridgehead atoms. The van der Waals surface area contributed by atoms with Gasteiger partial charge in [0.25, 0.3) is 10.1 Å². The fourth-order valence-electron chi connectivity index (χ4n) is 7.03. The maximum atomic E-state index is 11.9. The molecular weight excluding hydrogens is 641 g/mol. The van der Waals surface area contributed by atoms with Crippen molar-refractivity contribution in [1.29, 1.82) is 0 Å². The minimum absolute atomic E-state index is 0.121. The van der Waals surface area contributed by atoms with Crippen LogP contribution in [0, 0.1) is 0 Å². The molecule has 2 aliphatic rings. The van der Waals surface area contributed by atoms with E-state index in [0.717, 1.165) is 75.4 Å². The fourth-order valence-corrected chi connectivity index (χ4v) is 7.94. The fraction of sp³-hybridized carbons (Fsp3) is 0.371. The number of benzene rings is 3. The van der Waals surface area contributed by atoms with Crippen LogP contribution in [0.1, 0.15) is 71.4 Å². The van der Waals surface area contributed by atoms with E-state index in [-0.39, 0.29) is 16.7 Å². The molecule has 0 aliphatic carbocycles. The van der Waals surface area contributed by atoms with E-state index in [2.05, 4.69) is 89.9 Å². The third-order valence-electron chi connectivity index (χ3n) is 9.23. The molecule has 2 aliphatic heterocycles. The minimum atomic E-state index is -4.34. The first-order valence-corrected chi connectivity index (χ1v) is 17.8. The van der Waals surface area contributed by atoms with Crippen LogP contribution >= 0.6 is 12.0 Å². The number of carbonyl (C=O) groups is 1. The van der Waals surface area contributed by atoms with Gasteiger partial charge in [0.2, 0.25) is 5.69 Å². The van der Waals surface area contributed by atoms with Crippen LogP contribution in [0.15, 0.2) is 82.2 Å². The van der Waals surface area contributed by atoms with Gasteiger partial charge in [-0.25, -0.2) is 5.26 Å². The van der Waals surface area contributed by atoms with Crippen molar-refractivity contribution in [2.24, 2.45) is 0 Å². The number of allylic oxidation sites excluding steroid dienone is 4. The lowest BCUT2D eigenvalue weighted by atomic mass is 9.79. The summed E-state index contributed by atoms with van der Waals surface area (Å²) in [6, 6.07) is 14.9. The Kier molecular flexibility index (Phi) is 10.0. The molecule has 0 spiro atoms. The highest BCUT2D eigenvalue weighted by molar-refractivity contribution is 7.94. The van der Waals surface area contributed by atoms with Crippen LogP contribution in [0.3, 0.4) is 0 Å². The zero-order chi connectivity index (χ0) is 34.1. The summed E-state index contributed by atoms with van der Waals surface area (Å²) in [6.45, 7) is 12.0. The zero-order valence-corrected chi connectivity index (χ0v) is 28.8. The molecule has 250 valence electrons. The van der Waals surface area contributed by atoms with Crippen LogP contribution in [0.5, 0.6) is 0 Å². The topological polar surface area (TPSA) is 137 Å². The summed E-state index contributed by atoms with van der Waals surface area (Å²) in [5.41, 5.74) is 5.25. The molecule has 0 aromatic heterocycles. The van der Waals surface area contributed by atoms with Crippen LogP contribution in [0.25, 0.3) is 10.8 Å². The van der Waals surface area contributed by atoms with Crippen LogP contribution in [-0.2, 0) is 35.1 Å². The molecule has 5 rings (SSSR count). The van der Waals surface area contributed by atoms with E-state index in [1.54, 1.807) is 12.1 Å². The van der Waals surface area contributed by atoms with E-state index in [0.29, 0.717) is 13.0 Å². The van der Waals surface area contributed by atoms with Crippen molar-refractivity contribution in [3.63, 3.8) is 0 Å². The summed E-state index contributed by atoms with van der Waals surface area (Å²) < 4.78 is 40.5. The van der Waals surface area contributed by atoms with E-state index < -0.39 is 21.5 Å². The average Bonchev–Trinajstić information content (AvgIpc) is 3.37. The van der Waals surface area contributed by atoms with E-state index in [9.17, 15) is 17.8 Å². The number of carboxylic acid groups (broad SMARTS) is 1. The van der Waals surface area contributed by atoms with Gasteiger partial charge in [-0.1, -0.05) is 31.0 Å². The second-order valence-electron chi connectivity index (χ2n) is 12.9. The van der Waals surface area contributed by atoms with Crippen molar-refractivity contribution in [3.8, 4) is 0 Å². The summed E-state index contributed by atoms with van der Waals surface area (Å²) in [7, 11) is -4.34. The number of carboxylic acids is 1. The molecule has 0 radical (unpaired) electrons. The maximum absolute atomic E-state index is 11.9. The molecule has 12 heteroatoms. The first-order chi connectivity index (χ1) is 22.2. The second kappa shape index (κ2) is 13.5. The van der Waals surface area contributed by atoms with Gasteiger partial charge in [0.15, 0.2) is 5.71 Å². The molecule has 0 unspecified atom stereocenters. The van der Waals surface area contributed by atoms with E-state index in [1.807, 2.05) is 12.1 Å². The first kappa shape index (κ1) is 34.8. The van der Waals surface area contributed by atoms with Gasteiger partial charge in [-0.2, -0.15) is 13.0 Å². The highest BCUT2D eigenvalue weighted by Gasteiger charge is 2.45. The Morgan fingerprint density at radius 1 is 1.02 bits per heavy atom. The van der Waals surface area contributed by atoms with Crippen molar-refractivity contribution >= 4 is 56.0 Å². The SMILES string of the molecule is CCN1/C(=C\C=C\C2=[N+](CCCCCC(=O)O)c3ccc4cc(SOOO)ccc4c3C2(C)C)C(C)(C)c2cc(S(=O)(=O)O)ccc21. The second-order valence-corrected chi connectivity index (χ2v) is 15.1. The normalized spacial score (nSPS) is 17.7. The Morgan fingerprint density at radius 2 is 1.79 bits per heavy atom. The largest absolute Gasteiger partial charge is 0.481 e. The van der Waals surface area contributed by atoms with Crippen molar-refractivity contribution in [2.75, 3.05) is 18.0 Å². The number of aliphatic carboxylic acids is 1. The van der Waals surface area contributed by atoms with Gasteiger partial charge in [-0.15, -0.1) is 4.33 Å². The lowest BCUT2D eigenvalue weighted by Gasteiger charge is -2.25. The molecular formula is C35H41N2O8S2+. The maximum Gasteiger partial charge on any atom is 0.303 e. The monoisotopic (exact) mass is 681 g/mol. The summed E-state index contributed by atoms with van der Waals surface area (Å²) in [4.78, 5) is 13.9. The Labute approximate surface area is 279 Å². The molecule has 10 nitrogen and oxygen atoms in total. The van der Waals surface area contributed by atoms with Gasteiger partial charge in [0, 0.05) is 58.8 Å². The van der Waals surface area contributed by atoms with Crippen LogP contribution in [-0.4, -0.2) is 52.7 Å². The van der Waals surface area contributed by atoms with E-state index in [4.69, 9.17) is 10.4 Å². The molecule has 2 heterocycles. The smallest absolute Gasteiger partial charge is 0.303 e. The Balaban J connectivity index is 1.55. The quantitative estimate of drug-likeness (QED) is 0.0409. The number of hydrogen-bond donors (Lipinski definition) is 3. The third-order valence-corrected chi connectivity index (χ3v) is 10.7. The Hall–Kier alpha value is -3.52. The number of anilines is 1. The van der Waals surface area contributed by atoms with Crippen LogP contribution in [0.4, 0.5) is 11.4 Å². The standard InChI is InChI=1S/C35H40N2O8S2/c1-6-36-28-19-16-25(47(41,42)43)22-27(28)34(2,3)30(36)11-10-12-31-35(4,5)33-26-17-15-24(46-45-44-40)21-23(26)14-18-29(33)37(31)20-9-7-8-13-32(38)39/h10-12,14-19,21-22H,6-9,13,20H2,1-5H3,(H2-,38,39,40,41,42,43)/p+1. The van der Waals surface area contributed by atoms with Crippen LogP contribution in [0.2, 0.25) is 0 Å². The first-order valence-electron chi connectivity index (χ1n) is 15.6. The van der Waals surface area contributed by atoms with Crippen molar-refractivity contribution in [2.45, 2.75) is 80.9 Å². The van der Waals surface area contributed by atoms with Gasteiger partial charge in [0.1, 0.15) is 6.54 Å². The average molecular weight is 682 g/mol. The molecule has 0 saturated heterocycles. The van der Waals surface area contributed by atoms with Crippen LogP contribution < -0.4 is 4.90 Å². The molecule has 0 saturated carbocycles. The molecule has 0 amide bonds. The summed E-state index contributed by atoms with van der Waals surface area (Å²) in [6.07, 6.45) is 8.68. The highest BCUT2D eigenvalue weighted by atomic mass is 32.2. The summed E-state index contributed by atoms with van der Waals surface area (Å²) in [5, 5.41) is 23.6. The van der Waals surface area contributed by atoms with E-state index >= 15 is 0 Å². The highest BCUT2D eigenvalue weighted by Crippen LogP contribution is 2.49. The third kappa shape index (κ3) is 6.76. The molecule has 3 aromatic rings. The van der Waals surface area contributed by atoms with Crippen molar-refractivity contribution in [3.05, 3.63) is 83.6 Å². The van der Waals surface area contributed by atoms with Gasteiger partial charge in [-0.3, -0.25) is 9.35 Å². The number of nitrogens with zero attached hydrogens (tertiary/aromatic N) is 2. The van der Waals surface area contributed by atoms with Crippen molar-refractivity contribution in [1.82, 2.24) is 0 Å². The predicted molar refractivity (Wildman–Crippen MR) is 183 cm³/mol. The number of likely N-dealkylation sites (N-methyl/N-ethyl adjacent to an activating group) is 1. The lowest BCUT2D eigenvalue weighted by Crippen LogP contribution is -2.28. The Morgan fingerprint density at radius 3 is 2.47 bits per heavy atom. The van der Waals surface area contributed by atoms with Gasteiger partial charge >= 0.3 is 5.97 Å². The zero-order valence-electron chi connectivity index (χ0n) is 27.2. The minimum Gasteiger partial charge on any atom is -0.481 e. The van der Waals surface area contributed by atoms with Gasteiger partial charge < -0.3 is 10.0 Å². The molecule has 3 aromatic carbocycles. The molecule has 47 heavy (non-hydrogen) atoms. The number of unbranched alkanes of at least 4 members (excludes halogenated alkanes) is 2. The molecule has 0 atom stereocenters. The number of rotatable bonds is 13. The molecule has 0 fully saturated rings. The number of hydrogen-bond acceptors (Lipinski definition) is 8. The summed E-state index contributed by atoms with van der Waals surface area (Å²) in [5.74, 6) is -0.784. The summed E-state index contributed by atoms with van der Waals surface area (Å²) >= 11 is 0.916. The predicted octanol–water partition coefficient (Wildman–Crippen LogP) is 7.79. The Bertz CT molecular complexity index is 1910. The molecule has 3 N–H and O–H groups in total.